The molecule has 0 saturated carbocycles. The van der Waals surface area contributed by atoms with E-state index in [9.17, 15) is 4.79 Å². The highest BCUT2D eigenvalue weighted by molar-refractivity contribution is 7.80. The lowest BCUT2D eigenvalue weighted by atomic mass is 9.95. The van der Waals surface area contributed by atoms with Gasteiger partial charge in [-0.1, -0.05) is 32.9 Å². The summed E-state index contributed by atoms with van der Waals surface area (Å²) in [6.45, 7) is 5.61. The summed E-state index contributed by atoms with van der Waals surface area (Å²) in [7, 11) is 1.59. The zero-order valence-electron chi connectivity index (χ0n) is 21.8. The molecule has 2 atom stereocenters. The van der Waals surface area contributed by atoms with Crippen LogP contribution in [0.3, 0.4) is 0 Å². The van der Waals surface area contributed by atoms with E-state index in [0.717, 1.165) is 22.9 Å². The second kappa shape index (κ2) is 10.3. The van der Waals surface area contributed by atoms with Crippen LogP contribution in [-0.2, 0) is 4.79 Å². The number of aromatic nitrogens is 3. The number of ether oxygens (including phenoxy) is 1. The van der Waals surface area contributed by atoms with Crippen LogP contribution in [0, 0.1) is 5.41 Å². The van der Waals surface area contributed by atoms with E-state index in [4.69, 9.17) is 17.0 Å². The Morgan fingerprint density at radius 2 is 1.79 bits per heavy atom. The van der Waals surface area contributed by atoms with Crippen molar-refractivity contribution in [1.82, 2.24) is 19.9 Å². The highest BCUT2D eigenvalue weighted by Crippen LogP contribution is 2.43. The van der Waals surface area contributed by atoms with E-state index in [0.29, 0.717) is 16.5 Å². The van der Waals surface area contributed by atoms with Crippen molar-refractivity contribution >= 4 is 34.6 Å². The molecule has 9 heteroatoms. The topological polar surface area (TPSA) is 84.3 Å². The number of amides is 1. The zero-order valence-corrected chi connectivity index (χ0v) is 22.6. The third kappa shape index (κ3) is 4.84. The molecule has 2 N–H and O–H groups in total. The average Bonchev–Trinajstić information content (AvgIpc) is 3.53. The second-order valence-corrected chi connectivity index (χ2v) is 10.5. The highest BCUT2D eigenvalue weighted by Gasteiger charge is 2.42. The summed E-state index contributed by atoms with van der Waals surface area (Å²) in [6.07, 6.45) is 5.56. The fourth-order valence-corrected chi connectivity index (χ4v) is 4.86. The van der Waals surface area contributed by atoms with Gasteiger partial charge in [0, 0.05) is 41.5 Å². The van der Waals surface area contributed by atoms with Crippen LogP contribution in [-0.4, -0.2) is 32.7 Å². The van der Waals surface area contributed by atoms with E-state index in [1.54, 1.807) is 19.5 Å². The molecule has 1 aliphatic rings. The molecule has 0 spiro atoms. The number of benzene rings is 1. The molecular weight excluding hydrogens is 496 g/mol. The van der Waals surface area contributed by atoms with Crippen LogP contribution < -0.4 is 20.3 Å². The van der Waals surface area contributed by atoms with Gasteiger partial charge in [0.25, 0.3) is 0 Å². The Balaban J connectivity index is 1.60. The molecule has 0 bridgehead atoms. The van der Waals surface area contributed by atoms with Crippen molar-refractivity contribution in [2.45, 2.75) is 32.9 Å². The first-order valence-corrected chi connectivity index (χ1v) is 12.8. The molecule has 1 amide bonds. The molecule has 0 radical (unpaired) electrons. The van der Waals surface area contributed by atoms with Crippen molar-refractivity contribution in [2.24, 2.45) is 5.41 Å². The fourth-order valence-electron chi connectivity index (χ4n) is 4.52. The largest absolute Gasteiger partial charge is 0.494 e. The third-order valence-corrected chi connectivity index (χ3v) is 6.78. The van der Waals surface area contributed by atoms with Crippen molar-refractivity contribution in [1.29, 1.82) is 0 Å². The molecule has 194 valence electrons. The Morgan fingerprint density at radius 1 is 1.03 bits per heavy atom. The van der Waals surface area contributed by atoms with Crippen LogP contribution in [0.4, 0.5) is 11.4 Å². The van der Waals surface area contributed by atoms with Gasteiger partial charge in [0.1, 0.15) is 17.6 Å². The van der Waals surface area contributed by atoms with Crippen LogP contribution in [0.5, 0.6) is 5.75 Å². The molecule has 38 heavy (non-hydrogen) atoms. The minimum absolute atomic E-state index is 0.0943. The standard InChI is InChI=1S/C29H30N6O2S/c1-29(2,3)27(36)32-20-14-13-19(18-23(20)37-4)35-26(25(33-28(35)38)21-10-5-7-15-30-21)22-11-9-17-34(22)24-12-6-8-16-31-24/h5-18,25-26H,1-4H3,(H,32,36)(H,33,38)/t25-,26-/m1/s1. The van der Waals surface area contributed by atoms with Gasteiger partial charge in [-0.05, 0) is 60.7 Å². The predicted octanol–water partition coefficient (Wildman–Crippen LogP) is 5.44. The summed E-state index contributed by atoms with van der Waals surface area (Å²) in [4.78, 5) is 23.9. The maximum Gasteiger partial charge on any atom is 0.229 e. The number of carbonyl (C=O) groups is 1. The lowest BCUT2D eigenvalue weighted by Crippen LogP contribution is -2.30. The number of nitrogens with zero attached hydrogens (tertiary/aromatic N) is 4. The predicted molar refractivity (Wildman–Crippen MR) is 153 cm³/mol. The number of pyridine rings is 2. The first-order chi connectivity index (χ1) is 18.3. The van der Waals surface area contributed by atoms with E-state index in [-0.39, 0.29) is 18.0 Å². The van der Waals surface area contributed by atoms with Crippen molar-refractivity contribution in [3.05, 3.63) is 96.7 Å². The van der Waals surface area contributed by atoms with Gasteiger partial charge < -0.3 is 24.8 Å². The maximum atomic E-state index is 12.7. The molecule has 0 aliphatic carbocycles. The summed E-state index contributed by atoms with van der Waals surface area (Å²) in [6, 6.07) is 21.0. The Labute approximate surface area is 227 Å². The van der Waals surface area contributed by atoms with Gasteiger partial charge in [-0.15, -0.1) is 0 Å². The normalized spacial score (nSPS) is 17.3. The Morgan fingerprint density at radius 3 is 2.45 bits per heavy atom. The number of rotatable bonds is 6. The summed E-state index contributed by atoms with van der Waals surface area (Å²) in [5, 5.41) is 7.03. The van der Waals surface area contributed by atoms with Crippen LogP contribution in [0.25, 0.3) is 5.82 Å². The van der Waals surface area contributed by atoms with Crippen molar-refractivity contribution < 1.29 is 9.53 Å². The molecule has 5 rings (SSSR count). The molecule has 1 saturated heterocycles. The van der Waals surface area contributed by atoms with Crippen molar-refractivity contribution in [3.63, 3.8) is 0 Å². The molecule has 8 nitrogen and oxygen atoms in total. The number of thiocarbonyl (C=S) groups is 1. The monoisotopic (exact) mass is 526 g/mol. The van der Waals surface area contributed by atoms with Crippen LogP contribution in [0.2, 0.25) is 0 Å². The van der Waals surface area contributed by atoms with Gasteiger partial charge >= 0.3 is 0 Å². The Hall–Kier alpha value is -4.24. The number of carbonyl (C=O) groups excluding carboxylic acids is 1. The minimum Gasteiger partial charge on any atom is -0.494 e. The van der Waals surface area contributed by atoms with Gasteiger partial charge in [0.05, 0.1) is 24.5 Å². The smallest absolute Gasteiger partial charge is 0.229 e. The average molecular weight is 527 g/mol. The Bertz CT molecular complexity index is 1450. The van der Waals surface area contributed by atoms with Gasteiger partial charge in [-0.3, -0.25) is 9.78 Å². The maximum absolute atomic E-state index is 12.7. The van der Waals surface area contributed by atoms with Crippen molar-refractivity contribution in [2.75, 3.05) is 17.3 Å². The molecule has 4 heterocycles. The minimum atomic E-state index is -0.540. The summed E-state index contributed by atoms with van der Waals surface area (Å²) in [5.41, 5.74) is 2.75. The van der Waals surface area contributed by atoms with Gasteiger partial charge in [0.15, 0.2) is 5.11 Å². The van der Waals surface area contributed by atoms with E-state index in [1.807, 2.05) is 87.6 Å². The quantitative estimate of drug-likeness (QED) is 0.324. The van der Waals surface area contributed by atoms with Crippen LogP contribution >= 0.6 is 12.2 Å². The SMILES string of the molecule is COc1cc(N2C(=S)N[C@H](c3ccccn3)[C@H]2c2cccn2-c2ccccn2)ccc1NC(=O)C(C)(C)C. The fraction of sp³-hybridized carbons (Fsp3) is 0.241. The zero-order chi connectivity index (χ0) is 26.9. The number of hydrogen-bond acceptors (Lipinski definition) is 5. The summed E-state index contributed by atoms with van der Waals surface area (Å²) < 4.78 is 7.76. The first kappa shape index (κ1) is 25.4. The molecular formula is C29H30N6O2S. The van der Waals surface area contributed by atoms with Gasteiger partial charge in [0.2, 0.25) is 5.91 Å². The number of anilines is 2. The molecule has 3 aromatic heterocycles. The number of hydrogen-bond donors (Lipinski definition) is 2. The lowest BCUT2D eigenvalue weighted by Gasteiger charge is -2.29. The van der Waals surface area contributed by atoms with E-state index in [2.05, 4.69) is 36.1 Å². The molecule has 4 aromatic rings. The summed E-state index contributed by atoms with van der Waals surface area (Å²) >= 11 is 5.89. The van der Waals surface area contributed by atoms with Crippen LogP contribution in [0.1, 0.15) is 44.2 Å². The number of nitrogens with one attached hydrogen (secondary N) is 2. The summed E-state index contributed by atoms with van der Waals surface area (Å²) in [5.74, 6) is 1.26. The molecule has 1 aliphatic heterocycles. The molecule has 1 fully saturated rings. The highest BCUT2D eigenvalue weighted by atomic mass is 32.1. The van der Waals surface area contributed by atoms with Crippen molar-refractivity contribution in [3.8, 4) is 11.6 Å². The second-order valence-electron chi connectivity index (χ2n) is 10.1. The third-order valence-electron chi connectivity index (χ3n) is 6.47. The Kier molecular flexibility index (Phi) is 6.86. The molecule has 0 unspecified atom stereocenters. The lowest BCUT2D eigenvalue weighted by molar-refractivity contribution is -0.123. The van der Waals surface area contributed by atoms with Gasteiger partial charge in [-0.2, -0.15) is 0 Å². The van der Waals surface area contributed by atoms with Crippen LogP contribution in [0.15, 0.2) is 85.3 Å². The first-order valence-electron chi connectivity index (χ1n) is 12.4. The molecule has 1 aromatic carbocycles. The van der Waals surface area contributed by atoms with E-state index >= 15 is 0 Å². The van der Waals surface area contributed by atoms with E-state index < -0.39 is 5.41 Å². The van der Waals surface area contributed by atoms with E-state index in [1.165, 1.54) is 0 Å². The number of methoxy groups -OCH3 is 1. The van der Waals surface area contributed by atoms with Gasteiger partial charge in [-0.25, -0.2) is 4.98 Å².